The van der Waals surface area contributed by atoms with E-state index in [9.17, 15) is 4.79 Å². The maximum Gasteiger partial charge on any atom is 0.260 e. The van der Waals surface area contributed by atoms with E-state index in [-0.39, 0.29) is 18.6 Å². The standard InChI is InChI=1S/C24H31N3O3/c1-19-4-2-3-5-23(19)29-18-24(28)27-14-8-20(9-15-27)26-16-10-22(11-17-26)30-21-6-12-25-13-7-21/h2-7,12-13,20,22H,8-11,14-18H2,1H3. The second kappa shape index (κ2) is 9.94. The maximum absolute atomic E-state index is 12.5. The summed E-state index contributed by atoms with van der Waals surface area (Å²) in [7, 11) is 0. The van der Waals surface area contributed by atoms with Crippen molar-refractivity contribution in [2.45, 2.75) is 44.8 Å². The smallest absolute Gasteiger partial charge is 0.260 e. The average Bonchev–Trinajstić information content (AvgIpc) is 2.80. The highest BCUT2D eigenvalue weighted by atomic mass is 16.5. The zero-order valence-corrected chi connectivity index (χ0v) is 17.7. The van der Waals surface area contributed by atoms with Crippen molar-refractivity contribution < 1.29 is 14.3 Å². The van der Waals surface area contributed by atoms with Crippen LogP contribution in [-0.2, 0) is 4.79 Å². The Morgan fingerprint density at radius 2 is 1.70 bits per heavy atom. The van der Waals surface area contributed by atoms with Crippen LogP contribution in [0.15, 0.2) is 48.8 Å². The van der Waals surface area contributed by atoms with Gasteiger partial charge in [0, 0.05) is 44.6 Å². The molecule has 0 bridgehead atoms. The van der Waals surface area contributed by atoms with Crippen molar-refractivity contribution in [2.24, 2.45) is 0 Å². The molecule has 6 heteroatoms. The van der Waals surface area contributed by atoms with Crippen LogP contribution in [0.2, 0.25) is 0 Å². The van der Waals surface area contributed by atoms with Gasteiger partial charge in [-0.15, -0.1) is 0 Å². The zero-order chi connectivity index (χ0) is 20.8. The minimum absolute atomic E-state index is 0.0844. The lowest BCUT2D eigenvalue weighted by atomic mass is 9.99. The number of aryl methyl sites for hydroxylation is 1. The number of likely N-dealkylation sites (tertiary alicyclic amines) is 2. The van der Waals surface area contributed by atoms with Crippen LogP contribution >= 0.6 is 0 Å². The van der Waals surface area contributed by atoms with E-state index in [0.717, 1.165) is 68.9 Å². The number of hydrogen-bond donors (Lipinski definition) is 0. The number of ether oxygens (including phenoxy) is 2. The van der Waals surface area contributed by atoms with Crippen LogP contribution in [0.3, 0.4) is 0 Å². The minimum Gasteiger partial charge on any atom is -0.490 e. The number of nitrogens with zero attached hydrogens (tertiary/aromatic N) is 3. The lowest BCUT2D eigenvalue weighted by molar-refractivity contribution is -0.135. The van der Waals surface area contributed by atoms with Crippen LogP contribution in [-0.4, -0.2) is 65.6 Å². The summed E-state index contributed by atoms with van der Waals surface area (Å²) in [5.41, 5.74) is 1.06. The highest BCUT2D eigenvalue weighted by molar-refractivity contribution is 5.77. The highest BCUT2D eigenvalue weighted by Crippen LogP contribution is 2.24. The maximum atomic E-state index is 12.5. The van der Waals surface area contributed by atoms with Crippen LogP contribution in [0, 0.1) is 6.92 Å². The Morgan fingerprint density at radius 1 is 1.00 bits per heavy atom. The molecule has 2 fully saturated rings. The molecule has 0 aliphatic carbocycles. The Bertz CT molecular complexity index is 813. The number of para-hydroxylation sites is 1. The van der Waals surface area contributed by atoms with Crippen molar-refractivity contribution in [3.63, 3.8) is 0 Å². The number of piperidine rings is 2. The van der Waals surface area contributed by atoms with Crippen molar-refractivity contribution in [3.8, 4) is 11.5 Å². The molecule has 2 saturated heterocycles. The SMILES string of the molecule is Cc1ccccc1OCC(=O)N1CCC(N2CCC(Oc3ccncc3)CC2)CC1. The number of carbonyl (C=O) groups excluding carboxylic acids is 1. The van der Waals surface area contributed by atoms with Gasteiger partial charge in [0.1, 0.15) is 17.6 Å². The van der Waals surface area contributed by atoms with E-state index in [1.54, 1.807) is 12.4 Å². The lowest BCUT2D eigenvalue weighted by Gasteiger charge is -2.41. The summed E-state index contributed by atoms with van der Waals surface area (Å²) in [5, 5.41) is 0. The number of carbonyl (C=O) groups is 1. The second-order valence-electron chi connectivity index (χ2n) is 8.20. The molecule has 0 unspecified atom stereocenters. The fraction of sp³-hybridized carbons (Fsp3) is 0.500. The molecule has 0 N–H and O–H groups in total. The minimum atomic E-state index is 0.0844. The molecule has 160 valence electrons. The van der Waals surface area contributed by atoms with E-state index >= 15 is 0 Å². The quantitative estimate of drug-likeness (QED) is 0.733. The molecule has 3 heterocycles. The largest absolute Gasteiger partial charge is 0.490 e. The van der Waals surface area contributed by atoms with Crippen LogP contribution < -0.4 is 9.47 Å². The highest BCUT2D eigenvalue weighted by Gasteiger charge is 2.30. The fourth-order valence-corrected chi connectivity index (χ4v) is 4.40. The van der Waals surface area contributed by atoms with Gasteiger partial charge in [-0.25, -0.2) is 0 Å². The van der Waals surface area contributed by atoms with Crippen molar-refractivity contribution in [1.29, 1.82) is 0 Å². The van der Waals surface area contributed by atoms with Crippen molar-refractivity contribution in [1.82, 2.24) is 14.8 Å². The van der Waals surface area contributed by atoms with Crippen LogP contribution in [0.1, 0.15) is 31.2 Å². The molecule has 0 spiro atoms. The molecule has 0 atom stereocenters. The predicted octanol–water partition coefficient (Wildman–Crippen LogP) is 3.30. The number of aromatic nitrogens is 1. The van der Waals surface area contributed by atoms with Gasteiger partial charge >= 0.3 is 0 Å². The molecule has 0 saturated carbocycles. The monoisotopic (exact) mass is 409 g/mol. The summed E-state index contributed by atoms with van der Waals surface area (Å²) >= 11 is 0. The van der Waals surface area contributed by atoms with Gasteiger partial charge in [-0.1, -0.05) is 18.2 Å². The number of hydrogen-bond acceptors (Lipinski definition) is 5. The molecule has 2 aliphatic rings. The number of rotatable bonds is 6. The number of pyridine rings is 1. The average molecular weight is 410 g/mol. The van der Waals surface area contributed by atoms with E-state index in [4.69, 9.17) is 9.47 Å². The summed E-state index contributed by atoms with van der Waals surface area (Å²) in [6, 6.07) is 12.2. The molecule has 1 aromatic carbocycles. The predicted molar refractivity (Wildman–Crippen MR) is 116 cm³/mol. The van der Waals surface area contributed by atoms with E-state index < -0.39 is 0 Å². The van der Waals surface area contributed by atoms with Crippen molar-refractivity contribution in [2.75, 3.05) is 32.8 Å². The van der Waals surface area contributed by atoms with Gasteiger partial charge in [0.15, 0.2) is 6.61 Å². The molecule has 4 rings (SSSR count). The van der Waals surface area contributed by atoms with E-state index in [0.29, 0.717) is 6.04 Å². The van der Waals surface area contributed by atoms with E-state index in [1.165, 1.54) is 0 Å². The van der Waals surface area contributed by atoms with Crippen LogP contribution in [0.5, 0.6) is 11.5 Å². The Labute approximate surface area is 178 Å². The molecule has 1 aromatic heterocycles. The summed E-state index contributed by atoms with van der Waals surface area (Å²) in [5.74, 6) is 1.78. The summed E-state index contributed by atoms with van der Waals surface area (Å²) in [4.78, 5) is 21.1. The third-order valence-corrected chi connectivity index (χ3v) is 6.21. The first-order chi connectivity index (χ1) is 14.7. The fourth-order valence-electron chi connectivity index (χ4n) is 4.40. The first-order valence-corrected chi connectivity index (χ1v) is 11.0. The Kier molecular flexibility index (Phi) is 6.84. The van der Waals surface area contributed by atoms with Gasteiger partial charge in [-0.2, -0.15) is 0 Å². The van der Waals surface area contributed by atoms with Gasteiger partial charge in [-0.05, 0) is 56.4 Å². The zero-order valence-electron chi connectivity index (χ0n) is 17.7. The summed E-state index contributed by atoms with van der Waals surface area (Å²) < 4.78 is 11.8. The lowest BCUT2D eigenvalue weighted by Crippen LogP contribution is -2.50. The normalized spacial score (nSPS) is 18.9. The van der Waals surface area contributed by atoms with Gasteiger partial charge in [0.25, 0.3) is 5.91 Å². The van der Waals surface area contributed by atoms with Gasteiger partial charge in [0.2, 0.25) is 0 Å². The molecular formula is C24H31N3O3. The Balaban J connectivity index is 1.18. The first kappa shape index (κ1) is 20.7. The molecule has 2 aromatic rings. The van der Waals surface area contributed by atoms with Crippen molar-refractivity contribution in [3.05, 3.63) is 54.4 Å². The molecule has 2 aliphatic heterocycles. The van der Waals surface area contributed by atoms with Gasteiger partial charge in [0.05, 0.1) is 0 Å². The molecular weight excluding hydrogens is 378 g/mol. The summed E-state index contributed by atoms with van der Waals surface area (Å²) in [6.07, 6.45) is 7.98. The third kappa shape index (κ3) is 5.30. The number of benzene rings is 1. The Morgan fingerprint density at radius 3 is 2.40 bits per heavy atom. The second-order valence-corrected chi connectivity index (χ2v) is 8.20. The topological polar surface area (TPSA) is 54.9 Å². The molecule has 0 radical (unpaired) electrons. The van der Waals surface area contributed by atoms with Crippen molar-refractivity contribution >= 4 is 5.91 Å². The Hall–Kier alpha value is -2.60. The first-order valence-electron chi connectivity index (χ1n) is 11.0. The number of amides is 1. The summed E-state index contributed by atoms with van der Waals surface area (Å²) in [6.45, 7) is 5.86. The van der Waals surface area contributed by atoms with Crippen LogP contribution in [0.4, 0.5) is 0 Å². The van der Waals surface area contributed by atoms with Crippen LogP contribution in [0.25, 0.3) is 0 Å². The third-order valence-electron chi connectivity index (χ3n) is 6.21. The molecule has 1 amide bonds. The van der Waals surface area contributed by atoms with Gasteiger partial charge in [-0.3, -0.25) is 14.7 Å². The van der Waals surface area contributed by atoms with E-state index in [1.807, 2.05) is 48.2 Å². The van der Waals surface area contributed by atoms with Gasteiger partial charge < -0.3 is 14.4 Å². The van der Waals surface area contributed by atoms with E-state index in [2.05, 4.69) is 9.88 Å². The molecule has 30 heavy (non-hydrogen) atoms. The molecule has 6 nitrogen and oxygen atoms in total.